The summed E-state index contributed by atoms with van der Waals surface area (Å²) in [5.74, 6) is -0.365. The summed E-state index contributed by atoms with van der Waals surface area (Å²) >= 11 is 0. The number of hydrogen-bond acceptors (Lipinski definition) is 5. The highest BCUT2D eigenvalue weighted by atomic mass is 19.1. The van der Waals surface area contributed by atoms with E-state index in [1.807, 2.05) is 0 Å². The molecule has 1 amide bonds. The monoisotopic (exact) mass is 366 g/mol. The Morgan fingerprint density at radius 2 is 1.93 bits per heavy atom. The molecule has 1 aliphatic rings. The molecule has 0 radical (unpaired) electrons. The molecular formula is C19H19FN6O. The Hall–Kier alpha value is -3.16. The highest BCUT2D eigenvalue weighted by molar-refractivity contribution is 5.92. The van der Waals surface area contributed by atoms with E-state index >= 15 is 0 Å². The number of nitrogens with zero attached hydrogens (tertiary/aromatic N) is 5. The molecular weight excluding hydrogens is 347 g/mol. The SMILES string of the molecule is O=C(N[C@H]1CCCC[C@@H]1n1nnc(-c2ccccc2F)n1)c1ccccn1. The highest BCUT2D eigenvalue weighted by Gasteiger charge is 2.30. The second-order valence-corrected chi connectivity index (χ2v) is 6.56. The summed E-state index contributed by atoms with van der Waals surface area (Å²) in [6.07, 6.45) is 5.25. The average molecular weight is 366 g/mol. The number of hydrogen-bond donors (Lipinski definition) is 1. The molecule has 27 heavy (non-hydrogen) atoms. The van der Waals surface area contributed by atoms with Gasteiger partial charge in [0.1, 0.15) is 11.5 Å². The van der Waals surface area contributed by atoms with Crippen molar-refractivity contribution in [1.82, 2.24) is 30.5 Å². The van der Waals surface area contributed by atoms with E-state index in [-0.39, 0.29) is 29.6 Å². The number of pyridine rings is 1. The van der Waals surface area contributed by atoms with Gasteiger partial charge in [0.2, 0.25) is 5.82 Å². The predicted octanol–water partition coefficient (Wildman–Crippen LogP) is 2.79. The lowest BCUT2D eigenvalue weighted by Crippen LogP contribution is -2.44. The van der Waals surface area contributed by atoms with E-state index in [9.17, 15) is 9.18 Å². The first-order valence-electron chi connectivity index (χ1n) is 8.98. The lowest BCUT2D eigenvalue weighted by molar-refractivity contribution is 0.0895. The number of nitrogens with one attached hydrogen (secondary N) is 1. The second-order valence-electron chi connectivity index (χ2n) is 6.56. The maximum Gasteiger partial charge on any atom is 0.270 e. The van der Waals surface area contributed by atoms with Crippen molar-refractivity contribution in [3.05, 3.63) is 60.2 Å². The number of carbonyl (C=O) groups is 1. The molecule has 7 nitrogen and oxygen atoms in total. The smallest absolute Gasteiger partial charge is 0.270 e. The number of halogens is 1. The van der Waals surface area contributed by atoms with Crippen molar-refractivity contribution in [3.63, 3.8) is 0 Å². The number of amides is 1. The van der Waals surface area contributed by atoms with Crippen LogP contribution >= 0.6 is 0 Å². The molecule has 0 aliphatic heterocycles. The molecule has 1 aromatic carbocycles. The molecule has 4 rings (SSSR count). The Labute approximate surface area is 155 Å². The molecule has 0 bridgehead atoms. The van der Waals surface area contributed by atoms with Gasteiger partial charge in [-0.15, -0.1) is 10.2 Å². The van der Waals surface area contributed by atoms with Crippen LogP contribution in [-0.2, 0) is 0 Å². The summed E-state index contributed by atoms with van der Waals surface area (Å²) in [5, 5.41) is 15.6. The summed E-state index contributed by atoms with van der Waals surface area (Å²) in [7, 11) is 0. The molecule has 8 heteroatoms. The van der Waals surface area contributed by atoms with Gasteiger partial charge >= 0.3 is 0 Å². The number of carbonyl (C=O) groups excluding carboxylic acids is 1. The van der Waals surface area contributed by atoms with E-state index in [4.69, 9.17) is 0 Å². The van der Waals surface area contributed by atoms with Crippen LogP contribution in [0.5, 0.6) is 0 Å². The first-order valence-corrected chi connectivity index (χ1v) is 8.98. The molecule has 0 unspecified atom stereocenters. The quantitative estimate of drug-likeness (QED) is 0.767. The van der Waals surface area contributed by atoms with Gasteiger partial charge < -0.3 is 5.32 Å². The van der Waals surface area contributed by atoms with Crippen molar-refractivity contribution < 1.29 is 9.18 Å². The molecule has 2 heterocycles. The molecule has 1 N–H and O–H groups in total. The average Bonchev–Trinajstić information content (AvgIpc) is 3.19. The highest BCUT2D eigenvalue weighted by Crippen LogP contribution is 2.28. The van der Waals surface area contributed by atoms with Crippen molar-refractivity contribution >= 4 is 5.91 Å². The molecule has 2 aromatic heterocycles. The summed E-state index contributed by atoms with van der Waals surface area (Å²) in [6.45, 7) is 0. The molecule has 2 atom stereocenters. The zero-order valence-corrected chi connectivity index (χ0v) is 14.6. The van der Waals surface area contributed by atoms with Crippen molar-refractivity contribution in [1.29, 1.82) is 0 Å². The summed E-state index contributed by atoms with van der Waals surface area (Å²) in [5.41, 5.74) is 0.689. The maximum atomic E-state index is 14.0. The van der Waals surface area contributed by atoms with E-state index < -0.39 is 0 Å². The number of tetrazole rings is 1. The van der Waals surface area contributed by atoms with E-state index in [1.165, 1.54) is 10.9 Å². The topological polar surface area (TPSA) is 85.6 Å². The summed E-state index contributed by atoms with van der Waals surface area (Å²) in [6, 6.07) is 11.3. The number of benzene rings is 1. The van der Waals surface area contributed by atoms with Gasteiger partial charge in [-0.05, 0) is 42.3 Å². The van der Waals surface area contributed by atoms with Crippen LogP contribution in [0, 0.1) is 5.82 Å². The summed E-state index contributed by atoms with van der Waals surface area (Å²) < 4.78 is 14.0. The third-order valence-electron chi connectivity index (χ3n) is 4.78. The summed E-state index contributed by atoms with van der Waals surface area (Å²) in [4.78, 5) is 18.1. The Balaban J connectivity index is 1.55. The molecule has 1 aliphatic carbocycles. The Bertz CT molecular complexity index is 929. The van der Waals surface area contributed by atoms with Crippen molar-refractivity contribution in [3.8, 4) is 11.4 Å². The minimum atomic E-state index is -0.388. The maximum absolute atomic E-state index is 14.0. The largest absolute Gasteiger partial charge is 0.346 e. The van der Waals surface area contributed by atoms with Gasteiger partial charge in [-0.25, -0.2) is 4.39 Å². The van der Waals surface area contributed by atoms with E-state index in [2.05, 4.69) is 25.7 Å². The molecule has 1 fully saturated rings. The van der Waals surface area contributed by atoms with Crippen molar-refractivity contribution in [2.75, 3.05) is 0 Å². The minimum Gasteiger partial charge on any atom is -0.346 e. The van der Waals surface area contributed by atoms with Crippen LogP contribution in [-0.4, -0.2) is 37.1 Å². The molecule has 0 saturated heterocycles. The van der Waals surface area contributed by atoms with Gasteiger partial charge in [0.25, 0.3) is 5.91 Å². The first-order chi connectivity index (χ1) is 13.2. The second kappa shape index (κ2) is 7.61. The number of rotatable bonds is 4. The van der Waals surface area contributed by atoms with Crippen LogP contribution in [0.3, 0.4) is 0 Å². The fraction of sp³-hybridized carbons (Fsp3) is 0.316. The van der Waals surface area contributed by atoms with Crippen LogP contribution < -0.4 is 5.32 Å². The van der Waals surface area contributed by atoms with Gasteiger partial charge in [0.15, 0.2) is 0 Å². The Morgan fingerprint density at radius 3 is 2.74 bits per heavy atom. The zero-order chi connectivity index (χ0) is 18.6. The van der Waals surface area contributed by atoms with Crippen LogP contribution in [0.15, 0.2) is 48.7 Å². The zero-order valence-electron chi connectivity index (χ0n) is 14.6. The fourth-order valence-corrected chi connectivity index (χ4v) is 3.41. The van der Waals surface area contributed by atoms with Crippen LogP contribution in [0.2, 0.25) is 0 Å². The minimum absolute atomic E-state index is 0.126. The van der Waals surface area contributed by atoms with Gasteiger partial charge in [-0.2, -0.15) is 4.80 Å². The number of aromatic nitrogens is 5. The molecule has 1 saturated carbocycles. The molecule has 3 aromatic rings. The van der Waals surface area contributed by atoms with Crippen LogP contribution in [0.1, 0.15) is 42.2 Å². The van der Waals surface area contributed by atoms with E-state index in [1.54, 1.807) is 42.6 Å². The van der Waals surface area contributed by atoms with Gasteiger partial charge in [0, 0.05) is 6.20 Å². The molecule has 0 spiro atoms. The van der Waals surface area contributed by atoms with Gasteiger partial charge in [0.05, 0.1) is 17.6 Å². The third-order valence-corrected chi connectivity index (χ3v) is 4.78. The van der Waals surface area contributed by atoms with Crippen molar-refractivity contribution in [2.45, 2.75) is 37.8 Å². The lowest BCUT2D eigenvalue weighted by Gasteiger charge is -2.30. The van der Waals surface area contributed by atoms with Crippen molar-refractivity contribution in [2.24, 2.45) is 0 Å². The van der Waals surface area contributed by atoms with Crippen LogP contribution in [0.25, 0.3) is 11.4 Å². The van der Waals surface area contributed by atoms with Gasteiger partial charge in [-0.3, -0.25) is 9.78 Å². The first kappa shape index (κ1) is 17.3. The standard InChI is InChI=1S/C19H19FN6O/c20-14-8-2-1-7-13(14)18-23-25-26(24-18)17-11-4-3-9-15(17)22-19(27)16-10-5-6-12-21-16/h1-2,5-8,10,12,15,17H,3-4,9,11H2,(H,22,27)/t15-,17-/m0/s1. The van der Waals surface area contributed by atoms with E-state index in [0.29, 0.717) is 11.3 Å². The van der Waals surface area contributed by atoms with E-state index in [0.717, 1.165) is 25.7 Å². The predicted molar refractivity (Wildman–Crippen MR) is 96.2 cm³/mol. The molecule has 138 valence electrons. The fourth-order valence-electron chi connectivity index (χ4n) is 3.41. The Kier molecular flexibility index (Phi) is 4.86. The van der Waals surface area contributed by atoms with Crippen LogP contribution in [0.4, 0.5) is 4.39 Å². The normalized spacial score (nSPS) is 19.6. The van der Waals surface area contributed by atoms with Gasteiger partial charge in [-0.1, -0.05) is 31.0 Å². The third kappa shape index (κ3) is 3.69. The lowest BCUT2D eigenvalue weighted by atomic mass is 9.90. The Morgan fingerprint density at radius 1 is 1.11 bits per heavy atom.